The van der Waals surface area contributed by atoms with Crippen LogP contribution in [0.2, 0.25) is 0 Å². The number of fused-ring (bicyclic) bond motifs is 1. The Bertz CT molecular complexity index is 1130. The van der Waals surface area contributed by atoms with Gasteiger partial charge in [0.1, 0.15) is 5.75 Å². The van der Waals surface area contributed by atoms with Gasteiger partial charge in [-0.3, -0.25) is 19.3 Å². The van der Waals surface area contributed by atoms with Crippen LogP contribution in [0.5, 0.6) is 5.75 Å². The maximum Gasteiger partial charge on any atom is 0.303 e. The van der Waals surface area contributed by atoms with E-state index in [1.165, 1.54) is 0 Å². The molecule has 1 atom stereocenters. The van der Waals surface area contributed by atoms with E-state index in [1.807, 2.05) is 36.4 Å². The van der Waals surface area contributed by atoms with Gasteiger partial charge in [-0.05, 0) is 41.7 Å². The number of hydrogen-bond acceptors (Lipinski definition) is 5. The second kappa shape index (κ2) is 8.73. The van der Waals surface area contributed by atoms with Crippen molar-refractivity contribution < 1.29 is 24.2 Å². The van der Waals surface area contributed by atoms with Crippen molar-refractivity contribution in [2.75, 3.05) is 17.3 Å². The van der Waals surface area contributed by atoms with Crippen LogP contribution in [0.25, 0.3) is 0 Å². The summed E-state index contributed by atoms with van der Waals surface area (Å²) in [5.41, 5.74) is 3.24. The van der Waals surface area contributed by atoms with Gasteiger partial charge in [-0.25, -0.2) is 0 Å². The minimum absolute atomic E-state index is 0.0154. The van der Waals surface area contributed by atoms with Crippen LogP contribution in [-0.4, -0.2) is 29.9 Å². The highest BCUT2D eigenvalue weighted by Gasteiger charge is 2.43. The standard InChI is InChI=1S/C26H28N2O5/c1-26(2)14-19-24(21(29)15-26)25(16-8-10-17(33-3)11-9-16)28(22(30)12-13-23(31)32)20-7-5-4-6-18(20)27-19/h4-11,25,27H,12-15H2,1-3H3,(H,31,32). The molecule has 7 nitrogen and oxygen atoms in total. The van der Waals surface area contributed by atoms with Crippen molar-refractivity contribution in [2.45, 2.75) is 45.6 Å². The molecular weight excluding hydrogens is 420 g/mol. The molecule has 0 saturated heterocycles. The summed E-state index contributed by atoms with van der Waals surface area (Å²) < 4.78 is 5.29. The van der Waals surface area contributed by atoms with E-state index in [1.54, 1.807) is 24.1 Å². The van der Waals surface area contributed by atoms with E-state index in [2.05, 4.69) is 19.2 Å². The van der Waals surface area contributed by atoms with Crippen LogP contribution in [0.1, 0.15) is 51.1 Å². The Balaban J connectivity index is 1.94. The fourth-order valence-electron chi connectivity index (χ4n) is 4.70. The first-order valence-electron chi connectivity index (χ1n) is 11.0. The minimum atomic E-state index is -1.04. The van der Waals surface area contributed by atoms with Crippen molar-refractivity contribution in [3.8, 4) is 5.75 Å². The van der Waals surface area contributed by atoms with Gasteiger partial charge in [0.25, 0.3) is 0 Å². The third-order valence-electron chi connectivity index (χ3n) is 6.15. The van der Waals surface area contributed by atoms with Crippen molar-refractivity contribution in [1.29, 1.82) is 0 Å². The maximum atomic E-state index is 13.5. The Labute approximate surface area is 193 Å². The van der Waals surface area contributed by atoms with Crippen LogP contribution < -0.4 is 15.0 Å². The Morgan fingerprint density at radius 2 is 1.79 bits per heavy atom. The highest BCUT2D eigenvalue weighted by atomic mass is 16.5. The number of carboxylic acid groups (broad SMARTS) is 1. The van der Waals surface area contributed by atoms with Gasteiger partial charge >= 0.3 is 5.97 Å². The molecule has 2 aromatic carbocycles. The number of hydrogen-bond donors (Lipinski definition) is 2. The molecule has 172 valence electrons. The van der Waals surface area contributed by atoms with Gasteiger partial charge in [0.15, 0.2) is 5.78 Å². The number of aliphatic carboxylic acids is 1. The van der Waals surface area contributed by atoms with Gasteiger partial charge in [-0.2, -0.15) is 0 Å². The summed E-state index contributed by atoms with van der Waals surface area (Å²) in [7, 11) is 1.58. The molecule has 1 aliphatic heterocycles. The number of nitrogens with one attached hydrogen (secondary N) is 1. The summed E-state index contributed by atoms with van der Waals surface area (Å²) in [5.74, 6) is -0.738. The predicted octanol–water partition coefficient (Wildman–Crippen LogP) is 4.70. The molecule has 7 heteroatoms. The van der Waals surface area contributed by atoms with Crippen LogP contribution in [0.3, 0.4) is 0 Å². The minimum Gasteiger partial charge on any atom is -0.497 e. The second-order valence-corrected chi connectivity index (χ2v) is 9.31. The molecule has 1 aliphatic carbocycles. The van der Waals surface area contributed by atoms with E-state index >= 15 is 0 Å². The number of anilines is 2. The Kier molecular flexibility index (Phi) is 5.97. The largest absolute Gasteiger partial charge is 0.497 e. The monoisotopic (exact) mass is 448 g/mol. The first-order chi connectivity index (χ1) is 15.7. The van der Waals surface area contributed by atoms with Gasteiger partial charge in [0.2, 0.25) is 5.91 Å². The fourth-order valence-corrected chi connectivity index (χ4v) is 4.70. The number of ketones is 1. The molecule has 2 aromatic rings. The maximum absolute atomic E-state index is 13.5. The summed E-state index contributed by atoms with van der Waals surface area (Å²) in [4.78, 5) is 39.8. The molecule has 1 heterocycles. The Morgan fingerprint density at radius 3 is 2.45 bits per heavy atom. The lowest BCUT2D eigenvalue weighted by Gasteiger charge is -2.37. The molecule has 1 amide bonds. The summed E-state index contributed by atoms with van der Waals surface area (Å²) in [6.45, 7) is 4.12. The molecule has 0 aromatic heterocycles. The summed E-state index contributed by atoms with van der Waals surface area (Å²) in [5, 5.41) is 12.6. The second-order valence-electron chi connectivity index (χ2n) is 9.31. The zero-order chi connectivity index (χ0) is 23.8. The van der Waals surface area contributed by atoms with Gasteiger partial charge in [0, 0.05) is 24.1 Å². The van der Waals surface area contributed by atoms with Crippen LogP contribution in [0.15, 0.2) is 59.8 Å². The van der Waals surface area contributed by atoms with Crippen LogP contribution in [-0.2, 0) is 14.4 Å². The number of ether oxygens (including phenoxy) is 1. The van der Waals surface area contributed by atoms with Crippen molar-refractivity contribution in [3.05, 3.63) is 65.4 Å². The molecule has 0 spiro atoms. The number of benzene rings is 2. The van der Waals surface area contributed by atoms with Gasteiger partial charge in [-0.1, -0.05) is 38.1 Å². The summed E-state index contributed by atoms with van der Waals surface area (Å²) >= 11 is 0. The van der Waals surface area contributed by atoms with E-state index in [0.717, 1.165) is 16.9 Å². The highest BCUT2D eigenvalue weighted by molar-refractivity contribution is 6.06. The van der Waals surface area contributed by atoms with Crippen molar-refractivity contribution in [2.24, 2.45) is 5.41 Å². The highest BCUT2D eigenvalue weighted by Crippen LogP contribution is 2.48. The molecule has 2 aliphatic rings. The first-order valence-corrected chi connectivity index (χ1v) is 11.0. The molecular formula is C26H28N2O5. The van der Waals surface area contributed by atoms with Crippen LogP contribution >= 0.6 is 0 Å². The van der Waals surface area contributed by atoms with Gasteiger partial charge < -0.3 is 15.2 Å². The van der Waals surface area contributed by atoms with Crippen molar-refractivity contribution in [3.63, 3.8) is 0 Å². The number of rotatable bonds is 5. The fraction of sp³-hybridized carbons (Fsp3) is 0.346. The quantitative estimate of drug-likeness (QED) is 0.688. The van der Waals surface area contributed by atoms with Gasteiger partial charge in [-0.15, -0.1) is 0 Å². The third-order valence-corrected chi connectivity index (χ3v) is 6.15. The molecule has 1 unspecified atom stereocenters. The van der Waals surface area contributed by atoms with E-state index < -0.39 is 12.0 Å². The lowest BCUT2D eigenvalue weighted by molar-refractivity contribution is -0.138. The zero-order valence-electron chi connectivity index (χ0n) is 19.1. The number of amides is 1. The summed E-state index contributed by atoms with van der Waals surface area (Å²) in [6, 6.07) is 14.0. The van der Waals surface area contributed by atoms with Gasteiger partial charge in [0.05, 0.1) is 30.9 Å². The number of carbonyl (C=O) groups is 3. The number of nitrogens with zero attached hydrogens (tertiary/aromatic N) is 1. The topological polar surface area (TPSA) is 95.9 Å². The average Bonchev–Trinajstić information content (AvgIpc) is 2.91. The molecule has 33 heavy (non-hydrogen) atoms. The molecule has 4 rings (SSSR count). The van der Waals surface area contributed by atoms with E-state index in [9.17, 15) is 19.5 Å². The van der Waals surface area contributed by atoms with Crippen molar-refractivity contribution in [1.82, 2.24) is 0 Å². The average molecular weight is 449 g/mol. The number of carboxylic acids is 1. The zero-order valence-corrected chi connectivity index (χ0v) is 19.1. The van der Waals surface area contributed by atoms with Crippen molar-refractivity contribution >= 4 is 29.0 Å². The van der Waals surface area contributed by atoms with E-state index in [0.29, 0.717) is 29.9 Å². The number of methoxy groups -OCH3 is 1. The molecule has 0 bridgehead atoms. The smallest absolute Gasteiger partial charge is 0.303 e. The predicted molar refractivity (Wildman–Crippen MR) is 125 cm³/mol. The number of carbonyl (C=O) groups excluding carboxylic acids is 2. The normalized spacial score (nSPS) is 19.2. The SMILES string of the molecule is COc1ccc(C2C3=C(CC(C)(C)CC3=O)Nc3ccccc3N2C(=O)CCC(=O)O)cc1. The molecule has 0 saturated carbocycles. The Morgan fingerprint density at radius 1 is 1.09 bits per heavy atom. The van der Waals surface area contributed by atoms with E-state index in [4.69, 9.17) is 4.74 Å². The number of Topliss-reactive ketones (excluding diaryl/α,β-unsaturated/α-hetero) is 1. The lowest BCUT2D eigenvalue weighted by atomic mass is 9.73. The molecule has 0 radical (unpaired) electrons. The lowest BCUT2D eigenvalue weighted by Crippen LogP contribution is -2.39. The van der Waals surface area contributed by atoms with Crippen LogP contribution in [0, 0.1) is 5.41 Å². The third kappa shape index (κ3) is 4.49. The number of allylic oxidation sites excluding steroid dienone is 1. The first kappa shape index (κ1) is 22.6. The van der Waals surface area contributed by atoms with Crippen LogP contribution in [0.4, 0.5) is 11.4 Å². The summed E-state index contributed by atoms with van der Waals surface area (Å²) in [6.07, 6.45) is 0.575. The van der Waals surface area contributed by atoms with E-state index in [-0.39, 0.29) is 29.9 Å². The molecule has 0 fully saturated rings. The molecule has 2 N–H and O–H groups in total. The number of para-hydroxylation sites is 2. The Hall–Kier alpha value is -3.61.